The molecule has 1 aliphatic rings. The molecular weight excluding hydrogens is 1570 g/mol. The molecule has 0 aliphatic carbocycles. The molecule has 1 fully saturated rings. The van der Waals surface area contributed by atoms with Crippen molar-refractivity contribution in [3.8, 4) is 11.5 Å². The molecule has 8 rings (SSSR count). The first-order valence-electron chi connectivity index (χ1n) is 40.0. The lowest BCUT2D eigenvalue weighted by molar-refractivity contribution is -0.150. The number of amides is 14. The maximum absolute atomic E-state index is 15.9. The number of carbonyl (C=O) groups excluding carboxylic acids is 14. The number of likely N-dealkylation sites (N-methyl/N-ethyl adjacent to an activating group) is 4. The number of aryl methyl sites for hydroxylation is 1. The van der Waals surface area contributed by atoms with Crippen molar-refractivity contribution in [2.45, 2.75) is 183 Å². The monoisotopic (exact) mass is 1680 g/mol. The van der Waals surface area contributed by atoms with E-state index in [0.29, 0.717) is 56.9 Å². The zero-order chi connectivity index (χ0) is 88.3. The molecule has 2 aromatic heterocycles. The van der Waals surface area contributed by atoms with Crippen LogP contribution in [0.2, 0.25) is 0 Å². The topological polar surface area (TPSA) is 525 Å². The number of carbonyl (C=O) groups is 14. The Labute approximate surface area is 698 Å². The zero-order valence-electron chi connectivity index (χ0n) is 68.7. The van der Waals surface area contributed by atoms with E-state index in [1.807, 2.05) is 0 Å². The molecular formula is C85H110FN17O18. The summed E-state index contributed by atoms with van der Waals surface area (Å²) in [6, 6.07) is 11.7. The molecule has 0 spiro atoms. The van der Waals surface area contributed by atoms with Gasteiger partial charge in [0.1, 0.15) is 83.8 Å². The van der Waals surface area contributed by atoms with E-state index in [-0.39, 0.29) is 93.8 Å². The molecule has 0 radical (unpaired) electrons. The number of hydrogen-bond acceptors (Lipinski definition) is 19. The largest absolute Gasteiger partial charge is 0.508 e. The highest BCUT2D eigenvalue weighted by molar-refractivity contribution is 6.01. The molecule has 0 saturated carbocycles. The van der Waals surface area contributed by atoms with E-state index in [9.17, 15) is 58.4 Å². The second-order valence-corrected chi connectivity index (χ2v) is 30.4. The van der Waals surface area contributed by atoms with E-state index in [0.717, 1.165) is 52.6 Å². The Hall–Kier alpha value is -12.8. The summed E-state index contributed by atoms with van der Waals surface area (Å²) in [6.45, 7) is 1.90. The van der Waals surface area contributed by atoms with E-state index in [4.69, 9.17) is 11.5 Å². The zero-order valence-corrected chi connectivity index (χ0v) is 68.7. The predicted molar refractivity (Wildman–Crippen MR) is 443 cm³/mol. The third-order valence-electron chi connectivity index (χ3n) is 21.5. The Morgan fingerprint density at radius 3 is 1.81 bits per heavy atom. The van der Waals surface area contributed by atoms with Gasteiger partial charge in [-0.3, -0.25) is 67.1 Å². The van der Waals surface area contributed by atoms with E-state index < -0.39 is 188 Å². The van der Waals surface area contributed by atoms with Gasteiger partial charge in [-0.2, -0.15) is 0 Å². The summed E-state index contributed by atoms with van der Waals surface area (Å²) >= 11 is 0. The number of halogens is 1. The highest BCUT2D eigenvalue weighted by atomic mass is 19.1. The number of nitrogens with one attached hydrogen (secondary N) is 11. The van der Waals surface area contributed by atoms with Crippen LogP contribution < -0.4 is 59.3 Å². The van der Waals surface area contributed by atoms with Gasteiger partial charge in [-0.05, 0) is 148 Å². The van der Waals surface area contributed by atoms with Crippen molar-refractivity contribution in [3.63, 3.8) is 0 Å². The standard InChI is InChI=1S/C85H110FN17O18/c1-48(105)74-85(121)103(7)72(84(120)102(6)71(40-53-23-28-56(86)29-24-53)81(117)94-63(75(88)111)21-13-15-37-87)46-92-73(110)36-34-64(93-50(3)107)76(112)95-65(39-52-25-30-57(108)31-26-52)77(113)98-68(47-104)82(118)101(5)70(35-27-51-17-9-8-10-18-51)83(119)100(4)69(22-14-16-38-89-49(2)106)80(116)97-66(42-55-45-91-62-33-32-58(109)43-60(55)62)78(114)96-67(79(115)99-74)41-54-44-90-61-20-12-11-19-59(54)61/h8-12,17-20,23-26,28-33,43-45,48,63-72,74,90-91,104-105,108-109H,13-16,21-22,27,34-42,46-47,87H2,1-7H3,(H2,88,111)(H,89,106)(H,92,110)(H,93,107)(H,94,117)(H,95,112)(H,96,114)(H,97,116)(H,98,113)(H,99,115)/t48-,63-,64-,65-,66-,67-,68-,69-,70-,71-,72-,74-/m0/s1. The van der Waals surface area contributed by atoms with Gasteiger partial charge in [0.15, 0.2) is 0 Å². The Balaban J connectivity index is 1.28. The molecule has 650 valence electrons. The molecule has 14 amide bonds. The lowest BCUT2D eigenvalue weighted by atomic mass is 9.99. The summed E-state index contributed by atoms with van der Waals surface area (Å²) in [5.74, 6) is -14.6. The summed E-state index contributed by atoms with van der Waals surface area (Å²) < 4.78 is 14.5. The smallest absolute Gasteiger partial charge is 0.248 e. The van der Waals surface area contributed by atoms with Gasteiger partial charge in [-0.15, -0.1) is 0 Å². The third-order valence-corrected chi connectivity index (χ3v) is 21.5. The molecule has 3 heterocycles. The number of rotatable bonds is 28. The van der Waals surface area contributed by atoms with Crippen molar-refractivity contribution < 1.29 is 91.9 Å². The highest BCUT2D eigenvalue weighted by Crippen LogP contribution is 2.27. The van der Waals surface area contributed by atoms with Crippen LogP contribution in [0.15, 0.2) is 134 Å². The average Bonchev–Trinajstić information content (AvgIpc) is 1.77. The number of phenolic OH excluding ortho intramolecular Hbond substituents is 2. The maximum Gasteiger partial charge on any atom is 0.248 e. The van der Waals surface area contributed by atoms with Crippen LogP contribution in [-0.2, 0) is 99.2 Å². The lowest BCUT2D eigenvalue weighted by Crippen LogP contribution is -2.64. The number of nitrogens with zero attached hydrogens (tertiary/aromatic N) is 4. The lowest BCUT2D eigenvalue weighted by Gasteiger charge is -2.37. The minimum absolute atomic E-state index is 0.0194. The van der Waals surface area contributed by atoms with Crippen LogP contribution in [0.1, 0.15) is 106 Å². The number of H-pyrrole nitrogens is 2. The molecule has 121 heavy (non-hydrogen) atoms. The number of primary amides is 1. The summed E-state index contributed by atoms with van der Waals surface area (Å²) in [7, 11) is 4.79. The third kappa shape index (κ3) is 26.6. The number of nitrogens with two attached hydrogens (primary N) is 2. The van der Waals surface area contributed by atoms with Gasteiger partial charge in [0.25, 0.3) is 0 Å². The molecule has 19 N–H and O–H groups in total. The van der Waals surface area contributed by atoms with E-state index >= 15 is 33.6 Å². The number of unbranched alkanes of at least 4 members (excludes halogenated alkanes) is 2. The van der Waals surface area contributed by atoms with E-state index in [1.54, 1.807) is 66.9 Å². The van der Waals surface area contributed by atoms with Gasteiger partial charge in [-0.25, -0.2) is 4.39 Å². The number of para-hydroxylation sites is 1. The number of benzene rings is 5. The first-order valence-corrected chi connectivity index (χ1v) is 40.0. The van der Waals surface area contributed by atoms with Crippen LogP contribution in [0.5, 0.6) is 11.5 Å². The normalized spacial score (nSPS) is 20.8. The molecule has 5 aromatic carbocycles. The van der Waals surface area contributed by atoms with Gasteiger partial charge in [0.2, 0.25) is 82.7 Å². The first-order chi connectivity index (χ1) is 57.7. The number of aliphatic hydroxyl groups is 2. The fraction of sp³-hybridized carbons (Fsp3) is 0.435. The average molecular weight is 1680 g/mol. The van der Waals surface area contributed by atoms with Crippen molar-refractivity contribution in [3.05, 3.63) is 167 Å². The molecule has 36 heteroatoms. The molecule has 1 aliphatic heterocycles. The maximum atomic E-state index is 15.9. The van der Waals surface area contributed by atoms with Gasteiger partial charge < -0.3 is 109 Å². The van der Waals surface area contributed by atoms with Gasteiger partial charge >= 0.3 is 0 Å². The molecule has 35 nitrogen and oxygen atoms in total. The van der Waals surface area contributed by atoms with E-state index in [2.05, 4.69) is 57.8 Å². The van der Waals surface area contributed by atoms with Crippen molar-refractivity contribution in [2.75, 3.05) is 54.4 Å². The second kappa shape index (κ2) is 44.8. The summed E-state index contributed by atoms with van der Waals surface area (Å²) in [6.07, 6.45) is -0.556. The predicted octanol–water partition coefficient (Wildman–Crippen LogP) is 0.0282. The Bertz CT molecular complexity index is 4800. The fourth-order valence-corrected chi connectivity index (χ4v) is 14.5. The second-order valence-electron chi connectivity index (χ2n) is 30.4. The minimum Gasteiger partial charge on any atom is -0.508 e. The van der Waals surface area contributed by atoms with E-state index in [1.165, 1.54) is 82.8 Å². The van der Waals surface area contributed by atoms with Crippen molar-refractivity contribution >= 4 is 105 Å². The van der Waals surface area contributed by atoms with Gasteiger partial charge in [-0.1, -0.05) is 72.8 Å². The number of aromatic hydroxyl groups is 2. The van der Waals surface area contributed by atoms with Crippen molar-refractivity contribution in [2.24, 2.45) is 11.5 Å². The summed E-state index contributed by atoms with van der Waals surface area (Å²) in [5, 5.41) is 68.7. The summed E-state index contributed by atoms with van der Waals surface area (Å²) in [4.78, 5) is 217. The van der Waals surface area contributed by atoms with Crippen LogP contribution in [0.3, 0.4) is 0 Å². The van der Waals surface area contributed by atoms with Crippen molar-refractivity contribution in [1.29, 1.82) is 0 Å². The molecule has 7 aromatic rings. The molecule has 12 atom stereocenters. The van der Waals surface area contributed by atoms with Crippen LogP contribution in [0.25, 0.3) is 21.8 Å². The number of aromatic amines is 2. The Kier molecular flexibility index (Phi) is 34.7. The quantitative estimate of drug-likeness (QED) is 0.0288. The number of fused-ring (bicyclic) bond motifs is 2. The van der Waals surface area contributed by atoms with Gasteiger partial charge in [0.05, 0.1) is 12.7 Å². The van der Waals surface area contributed by atoms with Crippen molar-refractivity contribution in [1.82, 2.24) is 77.4 Å². The molecule has 0 unspecified atom stereocenters. The van der Waals surface area contributed by atoms with Crippen LogP contribution >= 0.6 is 0 Å². The Morgan fingerprint density at radius 1 is 0.603 bits per heavy atom. The van der Waals surface area contributed by atoms with Crippen LogP contribution in [0, 0.1) is 5.82 Å². The van der Waals surface area contributed by atoms with Gasteiger partial charge in [0, 0.05) is 121 Å². The Morgan fingerprint density at radius 2 is 1.18 bits per heavy atom. The van der Waals surface area contributed by atoms with Crippen LogP contribution in [-0.4, -0.2) is 260 Å². The SMILES string of the molecule is CC(=O)NCCCC[C@H]1C(=O)N[C@@H](Cc2c[nH]c3ccc(O)cc23)C(=O)N[C@@H](Cc2c[nH]c3ccccc23)C(=O)N[C@@H]([C@H](C)O)C(=O)N(C)[C@H](C(=O)N(C)[C@@H](Cc2ccc(F)cc2)C(=O)N[C@@H](CCCCN)C(N)=O)CNC(=O)CC[C@H](NC(C)=O)C(=O)N[C@@H](Cc2ccc(O)cc2)C(=O)N[C@@H](CO)C(=O)N(C)[C@@H](CCc2ccccc2)C(=O)N1C. The molecule has 1 saturated heterocycles. The molecule has 0 bridgehead atoms. The minimum atomic E-state index is -2.06. The number of hydrogen-bond donors (Lipinski definition) is 17. The highest BCUT2D eigenvalue weighted by Gasteiger charge is 2.43. The first kappa shape index (κ1) is 93.7. The number of aliphatic hydroxyl groups excluding tert-OH is 2. The summed E-state index contributed by atoms with van der Waals surface area (Å²) in [5.41, 5.74) is 14.7. The number of phenols is 2. The fourth-order valence-electron chi connectivity index (χ4n) is 14.5. The van der Waals surface area contributed by atoms with Crippen LogP contribution in [0.4, 0.5) is 4.39 Å². The number of aromatic nitrogens is 2.